The predicted molar refractivity (Wildman–Crippen MR) is 81.6 cm³/mol. The van der Waals surface area contributed by atoms with E-state index in [0.29, 0.717) is 16.5 Å². The van der Waals surface area contributed by atoms with E-state index in [1.807, 2.05) is 0 Å². The van der Waals surface area contributed by atoms with E-state index in [1.165, 1.54) is 31.3 Å². The SMILES string of the molecule is COC(=O)c1csc(NC(=O)[C@@H](C2CC2)N2CCCC2)c1. The van der Waals surface area contributed by atoms with E-state index in [-0.39, 0.29) is 17.9 Å². The molecule has 1 N–H and O–H groups in total. The van der Waals surface area contributed by atoms with Gasteiger partial charge in [-0.05, 0) is 50.8 Å². The van der Waals surface area contributed by atoms with Crippen molar-refractivity contribution in [2.75, 3.05) is 25.5 Å². The molecule has 0 bridgehead atoms. The van der Waals surface area contributed by atoms with Crippen LogP contribution >= 0.6 is 11.3 Å². The van der Waals surface area contributed by atoms with Crippen molar-refractivity contribution in [2.45, 2.75) is 31.7 Å². The Labute approximate surface area is 128 Å². The van der Waals surface area contributed by atoms with E-state index >= 15 is 0 Å². The molecule has 1 atom stereocenters. The minimum atomic E-state index is -0.370. The van der Waals surface area contributed by atoms with Crippen LogP contribution < -0.4 is 5.32 Å². The van der Waals surface area contributed by atoms with Crippen LogP contribution in [0.2, 0.25) is 0 Å². The maximum Gasteiger partial charge on any atom is 0.338 e. The summed E-state index contributed by atoms with van der Waals surface area (Å²) in [6.45, 7) is 2.04. The van der Waals surface area contributed by atoms with Crippen LogP contribution in [0.15, 0.2) is 11.4 Å². The maximum atomic E-state index is 12.6. The van der Waals surface area contributed by atoms with E-state index in [0.717, 1.165) is 25.9 Å². The number of esters is 1. The lowest BCUT2D eigenvalue weighted by atomic mass is 10.1. The molecule has 0 radical (unpaired) electrons. The molecule has 0 aromatic carbocycles. The number of anilines is 1. The fourth-order valence-electron chi connectivity index (χ4n) is 2.93. The van der Waals surface area contributed by atoms with E-state index in [4.69, 9.17) is 0 Å². The topological polar surface area (TPSA) is 58.6 Å². The van der Waals surface area contributed by atoms with Gasteiger partial charge in [-0.3, -0.25) is 9.69 Å². The predicted octanol–water partition coefficient (Wildman–Crippen LogP) is 2.35. The lowest BCUT2D eigenvalue weighted by molar-refractivity contribution is -0.121. The average molecular weight is 308 g/mol. The number of hydrogen-bond donors (Lipinski definition) is 1. The first-order chi connectivity index (χ1) is 10.2. The van der Waals surface area contributed by atoms with Gasteiger partial charge in [0.25, 0.3) is 0 Å². The van der Waals surface area contributed by atoms with E-state index in [2.05, 4.69) is 15.0 Å². The minimum absolute atomic E-state index is 0.00354. The number of nitrogens with one attached hydrogen (secondary N) is 1. The van der Waals surface area contributed by atoms with Gasteiger partial charge >= 0.3 is 5.97 Å². The third kappa shape index (κ3) is 3.27. The molecule has 6 heteroatoms. The van der Waals surface area contributed by atoms with Gasteiger partial charge in [-0.25, -0.2) is 4.79 Å². The first-order valence-electron chi connectivity index (χ1n) is 7.41. The van der Waals surface area contributed by atoms with Gasteiger partial charge in [0.15, 0.2) is 0 Å². The molecule has 2 heterocycles. The van der Waals surface area contributed by atoms with E-state index < -0.39 is 0 Å². The largest absolute Gasteiger partial charge is 0.465 e. The lowest BCUT2D eigenvalue weighted by Gasteiger charge is -2.26. The van der Waals surface area contributed by atoms with Crippen molar-refractivity contribution >= 4 is 28.2 Å². The summed E-state index contributed by atoms with van der Waals surface area (Å²) >= 11 is 1.36. The highest BCUT2D eigenvalue weighted by molar-refractivity contribution is 7.14. The number of carbonyl (C=O) groups is 2. The van der Waals surface area contributed by atoms with Gasteiger partial charge in [-0.1, -0.05) is 0 Å². The summed E-state index contributed by atoms with van der Waals surface area (Å²) in [7, 11) is 1.36. The summed E-state index contributed by atoms with van der Waals surface area (Å²) in [5.41, 5.74) is 0.488. The van der Waals surface area contributed by atoms with Crippen LogP contribution in [0.3, 0.4) is 0 Å². The zero-order valence-corrected chi connectivity index (χ0v) is 12.9. The summed E-state index contributed by atoms with van der Waals surface area (Å²) in [5, 5.41) is 5.39. The van der Waals surface area contributed by atoms with Gasteiger partial charge in [-0.15, -0.1) is 11.3 Å². The maximum absolute atomic E-state index is 12.6. The highest BCUT2D eigenvalue weighted by Gasteiger charge is 2.41. The molecule has 21 heavy (non-hydrogen) atoms. The number of likely N-dealkylation sites (tertiary alicyclic amines) is 1. The van der Waals surface area contributed by atoms with Crippen molar-refractivity contribution in [1.29, 1.82) is 0 Å². The number of methoxy groups -OCH3 is 1. The molecule has 1 aromatic rings. The van der Waals surface area contributed by atoms with Crippen LogP contribution in [-0.4, -0.2) is 43.0 Å². The number of ether oxygens (including phenoxy) is 1. The third-order valence-electron chi connectivity index (χ3n) is 4.14. The van der Waals surface area contributed by atoms with Crippen LogP contribution in [0.25, 0.3) is 0 Å². The van der Waals surface area contributed by atoms with Crippen molar-refractivity contribution in [3.63, 3.8) is 0 Å². The Morgan fingerprint density at radius 2 is 2.10 bits per heavy atom. The summed E-state index contributed by atoms with van der Waals surface area (Å²) in [6, 6.07) is 1.68. The van der Waals surface area contributed by atoms with Crippen molar-refractivity contribution in [3.8, 4) is 0 Å². The van der Waals surface area contributed by atoms with Gasteiger partial charge in [0, 0.05) is 5.38 Å². The van der Waals surface area contributed by atoms with Gasteiger partial charge in [0.2, 0.25) is 5.91 Å². The van der Waals surface area contributed by atoms with Crippen LogP contribution in [0.5, 0.6) is 0 Å². The zero-order chi connectivity index (χ0) is 14.8. The number of thiophene rings is 1. The molecule has 1 saturated carbocycles. The Morgan fingerprint density at radius 1 is 1.38 bits per heavy atom. The van der Waals surface area contributed by atoms with Gasteiger partial charge in [0.05, 0.1) is 23.7 Å². The lowest BCUT2D eigenvalue weighted by Crippen LogP contribution is -2.44. The Kier molecular flexibility index (Phi) is 4.26. The molecule has 1 aliphatic heterocycles. The van der Waals surface area contributed by atoms with E-state index in [9.17, 15) is 9.59 Å². The van der Waals surface area contributed by atoms with Crippen LogP contribution in [0.4, 0.5) is 5.00 Å². The number of carbonyl (C=O) groups excluding carboxylic acids is 2. The number of nitrogens with zero attached hydrogens (tertiary/aromatic N) is 1. The first kappa shape index (κ1) is 14.5. The fourth-order valence-corrected chi connectivity index (χ4v) is 3.70. The fraction of sp³-hybridized carbons (Fsp3) is 0.600. The Hall–Kier alpha value is -1.40. The molecule has 114 valence electrons. The van der Waals surface area contributed by atoms with Gasteiger partial charge in [-0.2, -0.15) is 0 Å². The quantitative estimate of drug-likeness (QED) is 0.848. The average Bonchev–Trinajstić information content (AvgIpc) is 2.97. The Balaban J connectivity index is 1.66. The molecule has 5 nitrogen and oxygen atoms in total. The molecule has 2 aliphatic rings. The summed E-state index contributed by atoms with van der Waals surface area (Å²) in [5.74, 6) is 0.200. The molecular formula is C15H20N2O3S. The highest BCUT2D eigenvalue weighted by Crippen LogP contribution is 2.37. The molecule has 0 spiro atoms. The van der Waals surface area contributed by atoms with Crippen molar-refractivity contribution in [2.24, 2.45) is 5.92 Å². The second-order valence-corrected chi connectivity index (χ2v) is 6.62. The molecule has 1 aliphatic carbocycles. The number of amides is 1. The van der Waals surface area contributed by atoms with Gasteiger partial charge < -0.3 is 10.1 Å². The molecular weight excluding hydrogens is 288 g/mol. The smallest absolute Gasteiger partial charge is 0.338 e. The van der Waals surface area contributed by atoms with Crippen LogP contribution in [0.1, 0.15) is 36.0 Å². The standard InChI is InChI=1S/C15H20N2O3S/c1-20-15(19)11-8-12(21-9-11)16-14(18)13(10-4-5-10)17-6-2-3-7-17/h8-10,13H,2-7H2,1H3,(H,16,18)/t13-/m1/s1. The molecule has 1 aromatic heterocycles. The molecule has 2 fully saturated rings. The normalized spacial score (nSPS) is 20.2. The summed E-state index contributed by atoms with van der Waals surface area (Å²) < 4.78 is 4.68. The zero-order valence-electron chi connectivity index (χ0n) is 12.1. The van der Waals surface area contributed by atoms with Crippen molar-refractivity contribution < 1.29 is 14.3 Å². The first-order valence-corrected chi connectivity index (χ1v) is 8.29. The second-order valence-electron chi connectivity index (χ2n) is 5.71. The van der Waals surface area contributed by atoms with Crippen molar-refractivity contribution in [1.82, 2.24) is 4.90 Å². The summed E-state index contributed by atoms with van der Waals surface area (Å²) in [6.07, 6.45) is 4.66. The Morgan fingerprint density at radius 3 is 2.71 bits per heavy atom. The van der Waals surface area contributed by atoms with Crippen LogP contribution in [0, 0.1) is 5.92 Å². The van der Waals surface area contributed by atoms with Crippen LogP contribution in [-0.2, 0) is 9.53 Å². The monoisotopic (exact) mass is 308 g/mol. The van der Waals surface area contributed by atoms with Crippen molar-refractivity contribution in [3.05, 3.63) is 17.0 Å². The molecule has 1 amide bonds. The molecule has 1 saturated heterocycles. The van der Waals surface area contributed by atoms with Gasteiger partial charge in [0.1, 0.15) is 0 Å². The third-order valence-corrected chi connectivity index (χ3v) is 4.98. The Bertz CT molecular complexity index is 533. The number of hydrogen-bond acceptors (Lipinski definition) is 5. The number of rotatable bonds is 5. The molecule has 3 rings (SSSR count). The molecule has 0 unspecified atom stereocenters. The summed E-state index contributed by atoms with van der Waals surface area (Å²) in [4.78, 5) is 26.3. The highest BCUT2D eigenvalue weighted by atomic mass is 32.1. The minimum Gasteiger partial charge on any atom is -0.465 e. The second kappa shape index (κ2) is 6.15. The van der Waals surface area contributed by atoms with E-state index in [1.54, 1.807) is 11.4 Å².